The first-order valence-electron chi connectivity index (χ1n) is 9.40. The molecule has 10 heteroatoms. The summed E-state index contributed by atoms with van der Waals surface area (Å²) in [5.41, 5.74) is 5.57. The molecule has 3 N–H and O–H groups in total. The van der Waals surface area contributed by atoms with Crippen LogP contribution in [0.4, 0.5) is 11.5 Å². The van der Waals surface area contributed by atoms with Crippen LogP contribution in [0.15, 0.2) is 52.1 Å². The van der Waals surface area contributed by atoms with E-state index in [0.717, 1.165) is 10.5 Å². The van der Waals surface area contributed by atoms with Gasteiger partial charge in [-0.25, -0.2) is 4.79 Å². The topological polar surface area (TPSA) is 120 Å². The molecule has 1 aliphatic heterocycles. The Bertz CT molecular complexity index is 1270. The quantitative estimate of drug-likeness (QED) is 0.636. The summed E-state index contributed by atoms with van der Waals surface area (Å²) in [4.78, 5) is 41.3. The molecule has 0 saturated carbocycles. The maximum absolute atomic E-state index is 13.1. The van der Waals surface area contributed by atoms with E-state index in [1.807, 2.05) is 30.3 Å². The lowest BCUT2D eigenvalue weighted by Gasteiger charge is -2.23. The Morgan fingerprint density at radius 3 is 2.65 bits per heavy atom. The fourth-order valence-electron chi connectivity index (χ4n) is 3.35. The monoisotopic (exact) mass is 442 g/mol. The van der Waals surface area contributed by atoms with Crippen molar-refractivity contribution < 1.29 is 14.3 Å². The van der Waals surface area contributed by atoms with Crippen LogP contribution in [0, 0.1) is 0 Å². The van der Waals surface area contributed by atoms with Crippen LogP contribution in [-0.2, 0) is 6.54 Å². The number of H-pyrrole nitrogens is 1. The van der Waals surface area contributed by atoms with Gasteiger partial charge in [-0.3, -0.25) is 19.1 Å². The number of amides is 1. The zero-order valence-corrected chi connectivity index (χ0v) is 17.3. The zero-order chi connectivity index (χ0) is 22.1. The molecule has 0 fully saturated rings. The van der Waals surface area contributed by atoms with Gasteiger partial charge >= 0.3 is 5.69 Å². The van der Waals surface area contributed by atoms with Gasteiger partial charge in [0.1, 0.15) is 19.0 Å². The molecular weight excluding hydrogens is 424 g/mol. The number of ether oxygens (including phenoxy) is 2. The van der Waals surface area contributed by atoms with Gasteiger partial charge in [0.2, 0.25) is 0 Å². The second-order valence-corrected chi connectivity index (χ2v) is 7.32. The number of aromatic amines is 1. The zero-order valence-electron chi connectivity index (χ0n) is 16.6. The number of benzene rings is 2. The molecule has 4 rings (SSSR count). The number of anilines is 2. The van der Waals surface area contributed by atoms with E-state index in [-0.39, 0.29) is 28.6 Å². The Morgan fingerprint density at radius 1 is 1.19 bits per heavy atom. The lowest BCUT2D eigenvalue weighted by atomic mass is 10.1. The smallest absolute Gasteiger partial charge is 0.330 e. The first-order chi connectivity index (χ1) is 14.9. The van der Waals surface area contributed by atoms with E-state index in [2.05, 4.69) is 4.98 Å². The Morgan fingerprint density at radius 2 is 1.90 bits per heavy atom. The van der Waals surface area contributed by atoms with Crippen molar-refractivity contribution in [3.8, 4) is 11.5 Å². The SMILES string of the molecule is CN(C(=O)c1cc(Cl)c2c(c1)OCCO2)c1c(N)n(Cc2ccccc2)c(=O)[nH]c1=O. The van der Waals surface area contributed by atoms with Crippen LogP contribution in [0.25, 0.3) is 0 Å². The molecule has 160 valence electrons. The van der Waals surface area contributed by atoms with E-state index in [0.29, 0.717) is 24.7 Å². The van der Waals surface area contributed by atoms with Gasteiger partial charge in [0, 0.05) is 12.6 Å². The lowest BCUT2D eigenvalue weighted by molar-refractivity contribution is 0.0991. The van der Waals surface area contributed by atoms with Crippen molar-refractivity contribution in [2.75, 3.05) is 30.9 Å². The highest BCUT2D eigenvalue weighted by atomic mass is 35.5. The Kier molecular flexibility index (Phi) is 5.43. The largest absolute Gasteiger partial charge is 0.486 e. The van der Waals surface area contributed by atoms with E-state index >= 15 is 0 Å². The molecular formula is C21H19ClN4O5. The summed E-state index contributed by atoms with van der Waals surface area (Å²) < 4.78 is 12.2. The van der Waals surface area contributed by atoms with Crippen LogP contribution in [0.2, 0.25) is 5.02 Å². The maximum atomic E-state index is 13.1. The molecule has 31 heavy (non-hydrogen) atoms. The number of halogens is 1. The molecule has 0 radical (unpaired) electrons. The molecule has 0 atom stereocenters. The normalized spacial score (nSPS) is 12.5. The molecule has 1 aromatic heterocycles. The minimum Gasteiger partial charge on any atom is -0.486 e. The number of fused-ring (bicyclic) bond motifs is 1. The summed E-state index contributed by atoms with van der Waals surface area (Å²) in [6.07, 6.45) is 0. The van der Waals surface area contributed by atoms with Gasteiger partial charge in [-0.15, -0.1) is 0 Å². The molecule has 0 bridgehead atoms. The van der Waals surface area contributed by atoms with Crippen LogP contribution in [0.5, 0.6) is 11.5 Å². The van der Waals surface area contributed by atoms with Crippen molar-refractivity contribution in [2.24, 2.45) is 0 Å². The second-order valence-electron chi connectivity index (χ2n) is 6.91. The molecule has 1 amide bonds. The Labute approximate surface area is 181 Å². The first-order valence-corrected chi connectivity index (χ1v) is 9.78. The number of nitrogens with zero attached hydrogens (tertiary/aromatic N) is 2. The highest BCUT2D eigenvalue weighted by Crippen LogP contribution is 2.38. The van der Waals surface area contributed by atoms with Crippen molar-refractivity contribution >= 4 is 29.0 Å². The van der Waals surface area contributed by atoms with Gasteiger partial charge in [0.15, 0.2) is 17.2 Å². The van der Waals surface area contributed by atoms with E-state index in [1.165, 1.54) is 23.7 Å². The van der Waals surface area contributed by atoms with Crippen LogP contribution >= 0.6 is 11.6 Å². The molecule has 0 spiro atoms. The molecule has 0 aliphatic carbocycles. The molecule has 9 nitrogen and oxygen atoms in total. The van der Waals surface area contributed by atoms with Crippen LogP contribution in [-0.4, -0.2) is 35.7 Å². The average molecular weight is 443 g/mol. The van der Waals surface area contributed by atoms with Gasteiger partial charge in [-0.1, -0.05) is 41.9 Å². The first kappa shape index (κ1) is 20.5. The van der Waals surface area contributed by atoms with Gasteiger partial charge in [-0.05, 0) is 17.7 Å². The van der Waals surface area contributed by atoms with Gasteiger partial charge in [0.25, 0.3) is 11.5 Å². The van der Waals surface area contributed by atoms with E-state index in [9.17, 15) is 14.4 Å². The summed E-state index contributed by atoms with van der Waals surface area (Å²) in [6.45, 7) is 0.815. The maximum Gasteiger partial charge on any atom is 0.330 e. The fourth-order valence-corrected chi connectivity index (χ4v) is 3.62. The van der Waals surface area contributed by atoms with Crippen molar-refractivity contribution in [1.29, 1.82) is 0 Å². The summed E-state index contributed by atoms with van der Waals surface area (Å²) in [6, 6.07) is 12.1. The van der Waals surface area contributed by atoms with Gasteiger partial charge < -0.3 is 20.1 Å². The number of hydrogen-bond acceptors (Lipinski definition) is 6. The standard InChI is InChI=1S/C21H19ClN4O5/c1-25(20(28)13-9-14(22)17-15(10-13)30-7-8-31-17)16-18(23)26(21(29)24-19(16)27)11-12-5-3-2-4-6-12/h2-6,9-10H,7-8,11,23H2,1H3,(H,24,27,29). The molecule has 0 saturated heterocycles. The van der Waals surface area contributed by atoms with Crippen molar-refractivity contribution in [2.45, 2.75) is 6.54 Å². The van der Waals surface area contributed by atoms with Crippen LogP contribution in [0.1, 0.15) is 15.9 Å². The highest BCUT2D eigenvalue weighted by molar-refractivity contribution is 6.33. The summed E-state index contributed by atoms with van der Waals surface area (Å²) in [7, 11) is 1.39. The fraction of sp³-hybridized carbons (Fsp3) is 0.190. The van der Waals surface area contributed by atoms with E-state index in [4.69, 9.17) is 26.8 Å². The lowest BCUT2D eigenvalue weighted by Crippen LogP contribution is -2.39. The molecule has 0 unspecified atom stereocenters. The Balaban J connectivity index is 1.73. The number of aromatic nitrogens is 2. The molecule has 2 aromatic carbocycles. The van der Waals surface area contributed by atoms with E-state index < -0.39 is 17.2 Å². The predicted molar refractivity (Wildman–Crippen MR) is 116 cm³/mol. The highest BCUT2D eigenvalue weighted by Gasteiger charge is 2.25. The molecule has 1 aliphatic rings. The van der Waals surface area contributed by atoms with Crippen molar-refractivity contribution in [3.05, 3.63) is 79.5 Å². The van der Waals surface area contributed by atoms with Gasteiger partial charge in [0.05, 0.1) is 11.6 Å². The second kappa shape index (κ2) is 8.19. The van der Waals surface area contributed by atoms with Crippen LogP contribution < -0.4 is 31.4 Å². The molecule has 2 heterocycles. The average Bonchev–Trinajstić information content (AvgIpc) is 2.76. The minimum atomic E-state index is -0.772. The predicted octanol–water partition coefficient (Wildman–Crippen LogP) is 1.87. The Hall–Kier alpha value is -3.72. The van der Waals surface area contributed by atoms with Crippen molar-refractivity contribution in [3.63, 3.8) is 0 Å². The third-order valence-corrected chi connectivity index (χ3v) is 5.16. The number of nitrogens with two attached hydrogens (primary N) is 1. The minimum absolute atomic E-state index is 0.128. The number of hydrogen-bond donors (Lipinski definition) is 2. The number of carbonyl (C=O) groups is 1. The van der Waals surface area contributed by atoms with Crippen LogP contribution in [0.3, 0.4) is 0 Å². The molecule has 3 aromatic rings. The third-order valence-electron chi connectivity index (χ3n) is 4.88. The summed E-state index contributed by atoms with van der Waals surface area (Å²) >= 11 is 6.23. The summed E-state index contributed by atoms with van der Waals surface area (Å²) in [5.74, 6) is 0.0189. The summed E-state index contributed by atoms with van der Waals surface area (Å²) in [5, 5.41) is 0.213. The van der Waals surface area contributed by atoms with E-state index in [1.54, 1.807) is 0 Å². The number of nitrogens with one attached hydrogen (secondary N) is 1. The third kappa shape index (κ3) is 3.87. The van der Waals surface area contributed by atoms with Gasteiger partial charge in [-0.2, -0.15) is 0 Å². The number of carbonyl (C=O) groups excluding carboxylic acids is 1. The number of nitrogen functional groups attached to an aromatic ring is 1. The van der Waals surface area contributed by atoms with Crippen molar-refractivity contribution in [1.82, 2.24) is 9.55 Å². The number of rotatable bonds is 4.